The van der Waals surface area contributed by atoms with Crippen molar-refractivity contribution in [2.24, 2.45) is 5.73 Å². The van der Waals surface area contributed by atoms with Crippen molar-refractivity contribution < 1.29 is 0 Å². The fraction of sp³-hybridized carbons (Fsp3) is 0.200. The van der Waals surface area contributed by atoms with Crippen LogP contribution < -0.4 is 10.6 Å². The molecule has 2 aromatic rings. The third-order valence-corrected chi connectivity index (χ3v) is 4.02. The fourth-order valence-corrected chi connectivity index (χ4v) is 2.55. The molecule has 4 heteroatoms. The van der Waals surface area contributed by atoms with E-state index in [0.29, 0.717) is 6.54 Å². The lowest BCUT2D eigenvalue weighted by molar-refractivity contribution is 0.920. The summed E-state index contributed by atoms with van der Waals surface area (Å²) in [6.07, 6.45) is 0. The fourth-order valence-electron chi connectivity index (χ4n) is 1.89. The first-order chi connectivity index (χ1) is 9.10. The van der Waals surface area contributed by atoms with Crippen molar-refractivity contribution in [3.63, 3.8) is 0 Å². The summed E-state index contributed by atoms with van der Waals surface area (Å²) in [7, 11) is 2.07. The van der Waals surface area contributed by atoms with E-state index in [1.165, 1.54) is 5.56 Å². The maximum atomic E-state index is 5.89. The monoisotopic (exact) mass is 338 g/mol. The van der Waals surface area contributed by atoms with Crippen LogP contribution in [0.4, 0.5) is 5.69 Å². The Morgan fingerprint density at radius 1 is 1.16 bits per heavy atom. The summed E-state index contributed by atoms with van der Waals surface area (Å²) in [4.78, 5) is 2.19. The van der Waals surface area contributed by atoms with Gasteiger partial charge in [0.2, 0.25) is 0 Å². The van der Waals surface area contributed by atoms with Gasteiger partial charge in [-0.2, -0.15) is 0 Å². The van der Waals surface area contributed by atoms with E-state index in [1.54, 1.807) is 0 Å². The first-order valence-corrected chi connectivity index (χ1v) is 7.21. The van der Waals surface area contributed by atoms with Crippen LogP contribution in [0.25, 0.3) is 0 Å². The minimum atomic E-state index is 0.543. The molecular formula is C15H16BrClN2. The van der Waals surface area contributed by atoms with Gasteiger partial charge in [-0.3, -0.25) is 0 Å². The number of hydrogen-bond donors (Lipinski definition) is 1. The van der Waals surface area contributed by atoms with Gasteiger partial charge in [-0.15, -0.1) is 0 Å². The SMILES string of the molecule is CN(Cc1ccc(Cl)cc1)c1ccc(CN)c(Br)c1. The first-order valence-electron chi connectivity index (χ1n) is 6.04. The second kappa shape index (κ2) is 6.42. The maximum Gasteiger partial charge on any atom is 0.0426 e. The van der Waals surface area contributed by atoms with Gasteiger partial charge >= 0.3 is 0 Å². The Morgan fingerprint density at radius 2 is 1.84 bits per heavy atom. The topological polar surface area (TPSA) is 29.3 Å². The molecule has 0 aliphatic rings. The molecule has 100 valence electrons. The van der Waals surface area contributed by atoms with Crippen LogP contribution in [0.1, 0.15) is 11.1 Å². The van der Waals surface area contributed by atoms with E-state index in [2.05, 4.69) is 46.1 Å². The molecule has 0 aliphatic carbocycles. The average Bonchev–Trinajstić information content (AvgIpc) is 2.41. The van der Waals surface area contributed by atoms with E-state index < -0.39 is 0 Å². The molecule has 19 heavy (non-hydrogen) atoms. The van der Waals surface area contributed by atoms with E-state index in [4.69, 9.17) is 17.3 Å². The van der Waals surface area contributed by atoms with Gasteiger partial charge < -0.3 is 10.6 Å². The van der Waals surface area contributed by atoms with Crippen molar-refractivity contribution >= 4 is 33.2 Å². The van der Waals surface area contributed by atoms with Crippen molar-refractivity contribution in [3.05, 3.63) is 63.1 Å². The minimum Gasteiger partial charge on any atom is -0.370 e. The summed E-state index contributed by atoms with van der Waals surface area (Å²) in [6.45, 7) is 1.38. The molecule has 0 unspecified atom stereocenters. The van der Waals surface area contributed by atoms with Crippen molar-refractivity contribution in [3.8, 4) is 0 Å². The Bertz CT molecular complexity index is 555. The standard InChI is InChI=1S/C15H16BrClN2/c1-19(10-11-2-5-13(17)6-3-11)14-7-4-12(9-18)15(16)8-14/h2-8H,9-10,18H2,1H3. The highest BCUT2D eigenvalue weighted by atomic mass is 79.9. The molecule has 0 saturated heterocycles. The molecule has 0 aromatic heterocycles. The first kappa shape index (κ1) is 14.4. The zero-order valence-electron chi connectivity index (χ0n) is 10.7. The van der Waals surface area contributed by atoms with Gasteiger partial charge in [0.15, 0.2) is 0 Å². The number of anilines is 1. The van der Waals surface area contributed by atoms with Crippen LogP contribution in [-0.2, 0) is 13.1 Å². The lowest BCUT2D eigenvalue weighted by atomic mass is 10.1. The molecule has 0 atom stereocenters. The Morgan fingerprint density at radius 3 is 2.42 bits per heavy atom. The van der Waals surface area contributed by atoms with E-state index in [9.17, 15) is 0 Å². The Balaban J connectivity index is 2.13. The lowest BCUT2D eigenvalue weighted by Gasteiger charge is -2.20. The summed E-state index contributed by atoms with van der Waals surface area (Å²) in [5, 5.41) is 0.765. The van der Waals surface area contributed by atoms with Crippen LogP contribution in [0.15, 0.2) is 46.9 Å². The number of nitrogens with zero attached hydrogens (tertiary/aromatic N) is 1. The summed E-state index contributed by atoms with van der Waals surface area (Å²) >= 11 is 9.43. The number of rotatable bonds is 4. The van der Waals surface area contributed by atoms with Gasteiger partial charge in [-0.05, 0) is 35.4 Å². The van der Waals surface area contributed by atoms with E-state index >= 15 is 0 Å². The van der Waals surface area contributed by atoms with Gasteiger partial charge in [-0.1, -0.05) is 45.7 Å². The molecular weight excluding hydrogens is 324 g/mol. The van der Waals surface area contributed by atoms with Gasteiger partial charge in [0.25, 0.3) is 0 Å². The van der Waals surface area contributed by atoms with E-state index in [0.717, 1.165) is 27.3 Å². The molecule has 2 rings (SSSR count). The Kier molecular flexibility index (Phi) is 4.86. The molecule has 0 fully saturated rings. The predicted octanol–water partition coefficient (Wildman–Crippen LogP) is 4.20. The Labute approximate surface area is 127 Å². The highest BCUT2D eigenvalue weighted by Gasteiger charge is 2.05. The van der Waals surface area contributed by atoms with Crippen LogP contribution in [0.2, 0.25) is 5.02 Å². The van der Waals surface area contributed by atoms with E-state index in [1.807, 2.05) is 24.3 Å². The summed E-state index contributed by atoms with van der Waals surface area (Å²) in [5.74, 6) is 0. The number of benzene rings is 2. The highest BCUT2D eigenvalue weighted by molar-refractivity contribution is 9.10. The largest absolute Gasteiger partial charge is 0.370 e. The molecule has 0 aliphatic heterocycles. The van der Waals surface area contributed by atoms with Crippen LogP contribution in [0.5, 0.6) is 0 Å². The molecule has 0 amide bonds. The minimum absolute atomic E-state index is 0.543. The normalized spacial score (nSPS) is 10.5. The molecule has 2 nitrogen and oxygen atoms in total. The number of nitrogens with two attached hydrogens (primary N) is 1. The smallest absolute Gasteiger partial charge is 0.0426 e. The quantitative estimate of drug-likeness (QED) is 0.904. The van der Waals surface area contributed by atoms with Crippen molar-refractivity contribution in [2.45, 2.75) is 13.1 Å². The average molecular weight is 340 g/mol. The molecule has 2 aromatic carbocycles. The summed E-state index contributed by atoms with van der Waals surface area (Å²) < 4.78 is 1.05. The van der Waals surface area contributed by atoms with Crippen molar-refractivity contribution in [1.82, 2.24) is 0 Å². The van der Waals surface area contributed by atoms with Crippen molar-refractivity contribution in [1.29, 1.82) is 0 Å². The molecule has 0 bridgehead atoms. The number of hydrogen-bond acceptors (Lipinski definition) is 2. The van der Waals surface area contributed by atoms with Crippen LogP contribution >= 0.6 is 27.5 Å². The predicted molar refractivity (Wildman–Crippen MR) is 85.6 cm³/mol. The molecule has 0 heterocycles. The summed E-state index contributed by atoms with van der Waals surface area (Å²) in [5.41, 5.74) is 9.15. The zero-order chi connectivity index (χ0) is 13.8. The zero-order valence-corrected chi connectivity index (χ0v) is 13.1. The van der Waals surface area contributed by atoms with Gasteiger partial charge in [0.05, 0.1) is 0 Å². The van der Waals surface area contributed by atoms with Gasteiger partial charge in [0.1, 0.15) is 0 Å². The van der Waals surface area contributed by atoms with Gasteiger partial charge in [0, 0.05) is 35.3 Å². The van der Waals surface area contributed by atoms with Crippen LogP contribution in [-0.4, -0.2) is 7.05 Å². The second-order valence-electron chi connectivity index (χ2n) is 4.46. The number of halogens is 2. The van der Waals surface area contributed by atoms with Crippen LogP contribution in [0.3, 0.4) is 0 Å². The third-order valence-electron chi connectivity index (χ3n) is 3.03. The highest BCUT2D eigenvalue weighted by Crippen LogP contribution is 2.24. The second-order valence-corrected chi connectivity index (χ2v) is 5.75. The maximum absolute atomic E-state index is 5.89. The lowest BCUT2D eigenvalue weighted by Crippen LogP contribution is -2.16. The third kappa shape index (κ3) is 3.72. The van der Waals surface area contributed by atoms with E-state index in [-0.39, 0.29) is 0 Å². The molecule has 0 radical (unpaired) electrons. The molecule has 0 saturated carbocycles. The summed E-state index contributed by atoms with van der Waals surface area (Å²) in [6, 6.07) is 14.2. The molecule has 2 N–H and O–H groups in total. The van der Waals surface area contributed by atoms with Gasteiger partial charge in [-0.25, -0.2) is 0 Å². The Hall–Kier alpha value is -1.03. The van der Waals surface area contributed by atoms with Crippen LogP contribution in [0, 0.1) is 0 Å². The van der Waals surface area contributed by atoms with Crippen molar-refractivity contribution in [2.75, 3.05) is 11.9 Å². The molecule has 0 spiro atoms.